The number of halogens is 1. The van der Waals surface area contributed by atoms with Gasteiger partial charge in [0.15, 0.2) is 0 Å². The van der Waals surface area contributed by atoms with E-state index < -0.39 is 0 Å². The van der Waals surface area contributed by atoms with Crippen molar-refractivity contribution in [2.45, 2.75) is 65.8 Å². The van der Waals surface area contributed by atoms with Gasteiger partial charge in [0, 0.05) is 12.8 Å². The third-order valence-corrected chi connectivity index (χ3v) is 4.26. The van der Waals surface area contributed by atoms with Gasteiger partial charge in [0.05, 0.1) is 9.76 Å². The van der Waals surface area contributed by atoms with Crippen molar-refractivity contribution in [3.63, 3.8) is 0 Å². The molecule has 0 aliphatic carbocycles. The third kappa shape index (κ3) is 4.48. The summed E-state index contributed by atoms with van der Waals surface area (Å²) < 4.78 is 1.12. The van der Waals surface area contributed by atoms with Crippen molar-refractivity contribution in [1.82, 2.24) is 0 Å². The molecular formula is C15H24INO. The monoisotopic (exact) mass is 361 g/mol. The molecule has 1 unspecified atom stereocenters. The van der Waals surface area contributed by atoms with Crippen molar-refractivity contribution >= 4 is 32.1 Å². The maximum atomic E-state index is 11.7. The zero-order chi connectivity index (χ0) is 13.7. The van der Waals surface area contributed by atoms with Crippen LogP contribution in [-0.2, 0) is 4.79 Å². The van der Waals surface area contributed by atoms with Gasteiger partial charge in [-0.05, 0) is 60.3 Å². The predicted molar refractivity (Wildman–Crippen MR) is 86.5 cm³/mol. The molecule has 0 amide bonds. The summed E-state index contributed by atoms with van der Waals surface area (Å²) in [6, 6.07) is 0.196. The van der Waals surface area contributed by atoms with Gasteiger partial charge in [-0.3, -0.25) is 9.79 Å². The Kier molecular flexibility index (Phi) is 6.53. The van der Waals surface area contributed by atoms with Crippen LogP contribution in [0.1, 0.15) is 59.8 Å². The van der Waals surface area contributed by atoms with Crippen LogP contribution in [-0.4, -0.2) is 15.5 Å². The zero-order valence-corrected chi connectivity index (χ0v) is 14.1. The average Bonchev–Trinajstić information content (AvgIpc) is 2.38. The van der Waals surface area contributed by atoms with Gasteiger partial charge >= 0.3 is 0 Å². The maximum absolute atomic E-state index is 11.7. The van der Waals surface area contributed by atoms with Crippen LogP contribution in [0.5, 0.6) is 0 Å². The minimum Gasteiger partial charge on any atom is -0.300 e. The van der Waals surface area contributed by atoms with Crippen molar-refractivity contribution in [2.24, 2.45) is 10.9 Å². The van der Waals surface area contributed by atoms with Crippen LogP contribution >= 0.6 is 22.6 Å². The van der Waals surface area contributed by atoms with Gasteiger partial charge in [-0.25, -0.2) is 0 Å². The van der Waals surface area contributed by atoms with E-state index in [1.165, 1.54) is 11.1 Å². The fraction of sp³-hybridized carbons (Fsp3) is 0.733. The van der Waals surface area contributed by atoms with E-state index in [-0.39, 0.29) is 6.04 Å². The summed E-state index contributed by atoms with van der Waals surface area (Å²) in [5.74, 6) is 0.881. The van der Waals surface area contributed by atoms with Gasteiger partial charge < -0.3 is 0 Å². The van der Waals surface area contributed by atoms with Gasteiger partial charge in [0.25, 0.3) is 0 Å². The van der Waals surface area contributed by atoms with Crippen molar-refractivity contribution in [2.75, 3.05) is 0 Å². The molecule has 102 valence electrons. The summed E-state index contributed by atoms with van der Waals surface area (Å²) in [6.45, 7) is 8.70. The Bertz CT molecular complexity index is 369. The highest BCUT2D eigenvalue weighted by atomic mass is 127. The van der Waals surface area contributed by atoms with Crippen LogP contribution in [0, 0.1) is 5.92 Å². The van der Waals surface area contributed by atoms with Crippen molar-refractivity contribution in [3.8, 4) is 0 Å². The molecule has 1 aliphatic rings. The number of rotatable bonds is 5. The number of ketones is 1. The molecule has 1 atom stereocenters. The molecule has 18 heavy (non-hydrogen) atoms. The molecule has 0 aromatic rings. The first-order valence-corrected chi connectivity index (χ1v) is 7.98. The van der Waals surface area contributed by atoms with Crippen LogP contribution in [0.25, 0.3) is 0 Å². The summed E-state index contributed by atoms with van der Waals surface area (Å²) in [5.41, 5.74) is 2.84. The number of hydrogen-bond acceptors (Lipinski definition) is 2. The van der Waals surface area contributed by atoms with Crippen LogP contribution in [0.2, 0.25) is 0 Å². The second-order valence-electron chi connectivity index (χ2n) is 5.45. The quantitative estimate of drug-likeness (QED) is 0.652. The molecule has 2 nitrogen and oxygen atoms in total. The molecule has 1 rings (SSSR count). The molecular weight excluding hydrogens is 337 g/mol. The topological polar surface area (TPSA) is 29.4 Å². The lowest BCUT2D eigenvalue weighted by atomic mass is 9.96. The molecule has 0 aromatic carbocycles. The van der Waals surface area contributed by atoms with Crippen LogP contribution < -0.4 is 0 Å². The summed E-state index contributed by atoms with van der Waals surface area (Å²) in [4.78, 5) is 16.5. The van der Waals surface area contributed by atoms with Crippen molar-refractivity contribution in [1.29, 1.82) is 0 Å². The van der Waals surface area contributed by atoms with Crippen LogP contribution in [0.4, 0.5) is 0 Å². The highest BCUT2D eigenvalue weighted by Crippen LogP contribution is 2.29. The molecule has 0 saturated carbocycles. The van der Waals surface area contributed by atoms with E-state index >= 15 is 0 Å². The Balaban J connectivity index is 2.78. The standard InChI is InChI=1S/C15H24INO/c1-5-6-13(18)9-12-8-7-11(4)14(10(2)3)15(16)17-12/h10,12H,5-9H2,1-4H3. The second kappa shape index (κ2) is 7.41. The molecule has 0 fully saturated rings. The summed E-state index contributed by atoms with van der Waals surface area (Å²) in [5, 5.41) is 0. The molecule has 0 bridgehead atoms. The van der Waals surface area contributed by atoms with E-state index in [0.29, 0.717) is 24.5 Å². The predicted octanol–water partition coefficient (Wildman–Crippen LogP) is 4.71. The normalized spacial score (nSPS) is 21.0. The van der Waals surface area contributed by atoms with E-state index in [9.17, 15) is 4.79 Å². The molecule has 0 N–H and O–H groups in total. The van der Waals surface area contributed by atoms with E-state index in [1.807, 2.05) is 0 Å². The minimum absolute atomic E-state index is 0.196. The van der Waals surface area contributed by atoms with E-state index in [2.05, 4.69) is 50.3 Å². The second-order valence-corrected chi connectivity index (χ2v) is 6.48. The number of Topliss-reactive ketones (excluding diaryl/α,β-unsaturated/α-hetero) is 1. The molecule has 0 radical (unpaired) electrons. The highest BCUT2D eigenvalue weighted by molar-refractivity contribution is 14.1. The number of hydrogen-bond donors (Lipinski definition) is 0. The Morgan fingerprint density at radius 2 is 2.17 bits per heavy atom. The van der Waals surface area contributed by atoms with Gasteiger partial charge in [0.2, 0.25) is 0 Å². The fourth-order valence-electron chi connectivity index (χ4n) is 2.51. The van der Waals surface area contributed by atoms with Crippen LogP contribution in [0.3, 0.4) is 0 Å². The fourth-order valence-corrected chi connectivity index (χ4v) is 3.99. The van der Waals surface area contributed by atoms with Crippen LogP contribution in [0.15, 0.2) is 16.1 Å². The Morgan fingerprint density at radius 1 is 1.50 bits per heavy atom. The number of carbonyl (C=O) groups is 1. The molecule has 1 aliphatic heterocycles. The summed E-state index contributed by atoms with van der Waals surface area (Å²) in [6.07, 6.45) is 4.36. The van der Waals surface area contributed by atoms with E-state index in [4.69, 9.17) is 4.99 Å². The van der Waals surface area contributed by atoms with Crippen molar-refractivity contribution in [3.05, 3.63) is 11.1 Å². The van der Waals surface area contributed by atoms with E-state index in [1.54, 1.807) is 0 Å². The zero-order valence-electron chi connectivity index (χ0n) is 11.9. The number of carbonyl (C=O) groups excluding carboxylic acids is 1. The van der Waals surface area contributed by atoms with Gasteiger partial charge in [-0.2, -0.15) is 0 Å². The largest absolute Gasteiger partial charge is 0.300 e. The summed E-state index contributed by atoms with van der Waals surface area (Å²) >= 11 is 2.34. The first kappa shape index (κ1) is 15.9. The first-order valence-electron chi connectivity index (χ1n) is 6.90. The lowest BCUT2D eigenvalue weighted by Gasteiger charge is -2.12. The van der Waals surface area contributed by atoms with Crippen molar-refractivity contribution < 1.29 is 4.79 Å². The van der Waals surface area contributed by atoms with Gasteiger partial charge in [0.1, 0.15) is 5.78 Å². The smallest absolute Gasteiger partial charge is 0.135 e. The lowest BCUT2D eigenvalue weighted by Crippen LogP contribution is -2.12. The van der Waals surface area contributed by atoms with Gasteiger partial charge in [-0.1, -0.05) is 26.3 Å². The molecule has 3 heteroatoms. The maximum Gasteiger partial charge on any atom is 0.135 e. The lowest BCUT2D eigenvalue weighted by molar-refractivity contribution is -0.119. The Morgan fingerprint density at radius 3 is 2.72 bits per heavy atom. The molecule has 0 spiro atoms. The number of nitrogens with zero attached hydrogens (tertiary/aromatic N) is 1. The Hall–Kier alpha value is -0.190. The highest BCUT2D eigenvalue weighted by Gasteiger charge is 2.21. The van der Waals surface area contributed by atoms with Gasteiger partial charge in [-0.15, -0.1) is 0 Å². The minimum atomic E-state index is 0.196. The molecule has 0 saturated heterocycles. The number of allylic oxidation sites excluding steroid dienone is 2. The Labute approximate surface area is 124 Å². The SMILES string of the molecule is CCCC(=O)CC1CCC(C)=C(C(C)C)C(I)=N1. The molecule has 1 heterocycles. The third-order valence-electron chi connectivity index (χ3n) is 3.40. The van der Waals surface area contributed by atoms with E-state index in [0.717, 1.165) is 23.0 Å². The number of aliphatic imine (C=N–C) groups is 1. The average molecular weight is 361 g/mol. The first-order chi connectivity index (χ1) is 8.45. The summed E-state index contributed by atoms with van der Waals surface area (Å²) in [7, 11) is 0. The molecule has 0 aromatic heterocycles.